The minimum absolute atomic E-state index is 0.417. The van der Waals surface area contributed by atoms with Crippen LogP contribution in [0.1, 0.15) is 13.3 Å². The van der Waals surface area contributed by atoms with Crippen molar-refractivity contribution in [2.75, 3.05) is 0 Å². The lowest BCUT2D eigenvalue weighted by Crippen LogP contribution is -1.64. The van der Waals surface area contributed by atoms with Gasteiger partial charge in [-0.25, -0.2) is 4.79 Å². The van der Waals surface area contributed by atoms with Gasteiger partial charge in [-0.2, -0.15) is 4.99 Å². The number of nitrogens with zero attached hydrogens (tertiary/aromatic N) is 1. The number of isocyanates is 1. The van der Waals surface area contributed by atoms with E-state index in [2.05, 4.69) is 11.6 Å². The van der Waals surface area contributed by atoms with Crippen molar-refractivity contribution in [3.63, 3.8) is 0 Å². The molecule has 0 aliphatic rings. The third kappa shape index (κ3) is 6.49. The van der Waals surface area contributed by atoms with Crippen LogP contribution in [-0.4, -0.2) is 6.08 Å². The summed E-state index contributed by atoms with van der Waals surface area (Å²) < 4.78 is 0. The Morgan fingerprint density at radius 1 is 1.64 bits per heavy atom. The van der Waals surface area contributed by atoms with Crippen LogP contribution in [0.2, 0.25) is 0 Å². The van der Waals surface area contributed by atoms with Crippen LogP contribution in [0.15, 0.2) is 41.6 Å². The van der Waals surface area contributed by atoms with E-state index in [1.54, 1.807) is 12.2 Å². The minimum atomic E-state index is 0.417. The zero-order chi connectivity index (χ0) is 8.53. The van der Waals surface area contributed by atoms with Gasteiger partial charge in [-0.3, -0.25) is 0 Å². The largest absolute Gasteiger partial charge is 0.240 e. The van der Waals surface area contributed by atoms with Crippen LogP contribution < -0.4 is 0 Å². The second kappa shape index (κ2) is 6.72. The summed E-state index contributed by atoms with van der Waals surface area (Å²) in [6.45, 7) is 5.54. The highest BCUT2D eigenvalue weighted by atomic mass is 16.1. The van der Waals surface area contributed by atoms with Crippen LogP contribution in [0.25, 0.3) is 0 Å². The third-order valence-electron chi connectivity index (χ3n) is 0.961. The summed E-state index contributed by atoms with van der Waals surface area (Å²) in [5, 5.41) is 0. The maximum Gasteiger partial charge on any atom is 0.240 e. The summed E-state index contributed by atoms with van der Waals surface area (Å²) in [4.78, 5) is 13.0. The van der Waals surface area contributed by atoms with Crippen LogP contribution in [0, 0.1) is 0 Å². The number of aliphatic imine (C=N–C) groups is 1. The van der Waals surface area contributed by atoms with E-state index in [0.29, 0.717) is 5.70 Å². The quantitative estimate of drug-likeness (QED) is 0.343. The van der Waals surface area contributed by atoms with Crippen molar-refractivity contribution in [2.45, 2.75) is 13.3 Å². The van der Waals surface area contributed by atoms with Crippen LogP contribution in [0.3, 0.4) is 0 Å². The van der Waals surface area contributed by atoms with Gasteiger partial charge >= 0.3 is 0 Å². The Bertz CT molecular complexity index is 220. The highest BCUT2D eigenvalue weighted by molar-refractivity contribution is 5.38. The smallest absolute Gasteiger partial charge is 0.211 e. The van der Waals surface area contributed by atoms with E-state index >= 15 is 0 Å². The van der Waals surface area contributed by atoms with E-state index in [0.717, 1.165) is 6.42 Å². The molecule has 0 aromatic carbocycles. The molecule has 0 saturated carbocycles. The molecule has 0 aliphatic heterocycles. The van der Waals surface area contributed by atoms with Crippen molar-refractivity contribution in [3.05, 3.63) is 36.6 Å². The molecule has 0 rings (SSSR count). The minimum Gasteiger partial charge on any atom is -0.211 e. The first-order chi connectivity index (χ1) is 5.31. The molecule has 2 heteroatoms. The average molecular weight is 149 g/mol. The van der Waals surface area contributed by atoms with Gasteiger partial charge in [0.15, 0.2) is 0 Å². The molecular formula is C9H11NO. The van der Waals surface area contributed by atoms with Gasteiger partial charge in [-0.05, 0) is 12.5 Å². The van der Waals surface area contributed by atoms with Crippen molar-refractivity contribution in [3.8, 4) is 0 Å². The van der Waals surface area contributed by atoms with Crippen molar-refractivity contribution >= 4 is 6.08 Å². The maximum absolute atomic E-state index is 9.70. The second-order valence-electron chi connectivity index (χ2n) is 1.89. The fraction of sp³-hybridized carbons (Fsp3) is 0.222. The fourth-order valence-electron chi connectivity index (χ4n) is 0.477. The van der Waals surface area contributed by atoms with Gasteiger partial charge < -0.3 is 0 Å². The monoisotopic (exact) mass is 149 g/mol. The molecule has 0 amide bonds. The van der Waals surface area contributed by atoms with E-state index < -0.39 is 0 Å². The van der Waals surface area contributed by atoms with Crippen molar-refractivity contribution < 1.29 is 4.79 Å². The summed E-state index contributed by atoms with van der Waals surface area (Å²) in [5.41, 5.74) is 0.417. The second-order valence-corrected chi connectivity index (χ2v) is 1.89. The van der Waals surface area contributed by atoms with Gasteiger partial charge in [0.05, 0.1) is 5.70 Å². The first-order valence-electron chi connectivity index (χ1n) is 3.41. The molecule has 58 valence electrons. The fourth-order valence-corrected chi connectivity index (χ4v) is 0.477. The Labute approximate surface area is 66.6 Å². The topological polar surface area (TPSA) is 29.4 Å². The summed E-state index contributed by atoms with van der Waals surface area (Å²) >= 11 is 0. The van der Waals surface area contributed by atoms with Gasteiger partial charge in [0.2, 0.25) is 6.08 Å². The molecule has 0 radical (unpaired) electrons. The molecule has 0 atom stereocenters. The average Bonchev–Trinajstić information content (AvgIpc) is 1.99. The Morgan fingerprint density at radius 2 is 2.36 bits per heavy atom. The van der Waals surface area contributed by atoms with Crippen molar-refractivity contribution in [1.82, 2.24) is 0 Å². The lowest BCUT2D eigenvalue weighted by Gasteiger charge is -1.80. The number of carbonyl (C=O) groups excluding carboxylic acids is 1. The Balaban J connectivity index is 3.83. The lowest BCUT2D eigenvalue weighted by molar-refractivity contribution is 0.565. The Morgan fingerprint density at radius 3 is 2.91 bits per heavy atom. The predicted octanol–water partition coefficient (Wildman–Crippen LogP) is 2.36. The molecular weight excluding hydrogens is 138 g/mol. The van der Waals surface area contributed by atoms with Gasteiger partial charge in [0.25, 0.3) is 0 Å². The van der Waals surface area contributed by atoms with Gasteiger partial charge in [-0.1, -0.05) is 31.7 Å². The van der Waals surface area contributed by atoms with E-state index in [-0.39, 0.29) is 0 Å². The van der Waals surface area contributed by atoms with E-state index in [1.807, 2.05) is 19.1 Å². The van der Waals surface area contributed by atoms with Gasteiger partial charge in [-0.15, -0.1) is 0 Å². The third-order valence-corrected chi connectivity index (χ3v) is 0.961. The van der Waals surface area contributed by atoms with Crippen molar-refractivity contribution in [1.29, 1.82) is 0 Å². The van der Waals surface area contributed by atoms with Crippen LogP contribution in [-0.2, 0) is 4.79 Å². The molecule has 0 aliphatic carbocycles. The standard InChI is InChI=1S/C9H11NO/c1-3-4-5-6-7-9(2)10-8-11/h4-7H,2-3H2,1H3/b5-4-,7-6-. The SMILES string of the molecule is C=C(/C=C\C=C/CC)N=C=O. The lowest BCUT2D eigenvalue weighted by atomic mass is 10.3. The molecule has 0 unspecified atom stereocenters. The first kappa shape index (κ1) is 9.60. The number of hydrogen-bond acceptors (Lipinski definition) is 2. The zero-order valence-electron chi connectivity index (χ0n) is 6.58. The molecule has 0 saturated heterocycles. The van der Waals surface area contributed by atoms with Gasteiger partial charge in [0, 0.05) is 0 Å². The van der Waals surface area contributed by atoms with Crippen LogP contribution in [0.4, 0.5) is 0 Å². The highest BCUT2D eigenvalue weighted by Gasteiger charge is 1.76. The summed E-state index contributed by atoms with van der Waals surface area (Å²) in [5.74, 6) is 0. The molecule has 0 aromatic rings. The van der Waals surface area contributed by atoms with E-state index in [4.69, 9.17) is 0 Å². The van der Waals surface area contributed by atoms with E-state index in [1.165, 1.54) is 6.08 Å². The van der Waals surface area contributed by atoms with E-state index in [9.17, 15) is 4.79 Å². The zero-order valence-corrected chi connectivity index (χ0v) is 6.58. The van der Waals surface area contributed by atoms with Crippen LogP contribution in [0.5, 0.6) is 0 Å². The maximum atomic E-state index is 9.70. The number of allylic oxidation sites excluding steroid dienone is 4. The summed E-state index contributed by atoms with van der Waals surface area (Å²) in [6.07, 6.45) is 9.71. The predicted molar refractivity (Wildman–Crippen MR) is 45.8 cm³/mol. The van der Waals surface area contributed by atoms with Crippen LogP contribution >= 0.6 is 0 Å². The van der Waals surface area contributed by atoms with Gasteiger partial charge in [0.1, 0.15) is 0 Å². The molecule has 0 aromatic heterocycles. The Hall–Kier alpha value is -1.40. The normalized spacial score (nSPS) is 10.3. The number of hydrogen-bond donors (Lipinski definition) is 0. The number of rotatable bonds is 4. The van der Waals surface area contributed by atoms with Crippen molar-refractivity contribution in [2.24, 2.45) is 4.99 Å². The Kier molecular flexibility index (Phi) is 5.86. The molecule has 0 bridgehead atoms. The molecule has 0 fully saturated rings. The summed E-state index contributed by atoms with van der Waals surface area (Å²) in [6, 6.07) is 0. The molecule has 0 heterocycles. The first-order valence-corrected chi connectivity index (χ1v) is 3.41. The highest BCUT2D eigenvalue weighted by Crippen LogP contribution is 1.93. The molecule has 2 nitrogen and oxygen atoms in total. The summed E-state index contributed by atoms with van der Waals surface area (Å²) in [7, 11) is 0. The molecule has 0 N–H and O–H groups in total. The molecule has 0 spiro atoms. The molecule has 11 heavy (non-hydrogen) atoms.